The van der Waals surface area contributed by atoms with Crippen molar-refractivity contribution in [3.05, 3.63) is 36.5 Å². The molecule has 0 aliphatic carbocycles. The highest BCUT2D eigenvalue weighted by Crippen LogP contribution is 2.18. The molecular formula is C64H123NO3. The Bertz CT molecular complexity index is 1040. The van der Waals surface area contributed by atoms with Crippen LogP contribution >= 0.6 is 0 Å². The van der Waals surface area contributed by atoms with Crippen molar-refractivity contribution >= 4 is 5.91 Å². The summed E-state index contributed by atoms with van der Waals surface area (Å²) in [5, 5.41) is 23.4. The Hall–Kier alpha value is -1.39. The first-order valence-electron chi connectivity index (χ1n) is 31.2. The number of unbranched alkanes of at least 4 members (excludes halogenated alkanes) is 45. The average Bonchev–Trinajstić information content (AvgIpc) is 3.34. The van der Waals surface area contributed by atoms with E-state index in [0.717, 1.165) is 38.5 Å². The molecule has 4 nitrogen and oxygen atoms in total. The minimum absolute atomic E-state index is 0.0268. The van der Waals surface area contributed by atoms with E-state index < -0.39 is 12.1 Å². The first-order chi connectivity index (χ1) is 33.7. The lowest BCUT2D eigenvalue weighted by Crippen LogP contribution is -2.45. The molecule has 0 saturated heterocycles. The molecule has 2 atom stereocenters. The SMILES string of the molecule is CCCCCCC/C=C\C/C=C\C/C=C\CCCCCCCCCCCCCCCCC(=O)NC(CO)C(O)CCCCCCCCCCCCCCCCCCCCCCCCCCCCC. The van der Waals surface area contributed by atoms with Crippen LogP contribution in [0.25, 0.3) is 0 Å². The van der Waals surface area contributed by atoms with Crippen molar-refractivity contribution in [1.29, 1.82) is 0 Å². The third-order valence-electron chi connectivity index (χ3n) is 14.7. The molecule has 0 aliphatic rings. The number of hydrogen-bond donors (Lipinski definition) is 3. The molecule has 0 aliphatic heterocycles. The zero-order valence-electron chi connectivity index (χ0n) is 46.4. The molecule has 0 spiro atoms. The van der Waals surface area contributed by atoms with Crippen molar-refractivity contribution in [1.82, 2.24) is 5.32 Å². The predicted molar refractivity (Wildman–Crippen MR) is 304 cm³/mol. The second-order valence-electron chi connectivity index (χ2n) is 21.5. The Morgan fingerprint density at radius 2 is 0.603 bits per heavy atom. The minimum atomic E-state index is -0.661. The van der Waals surface area contributed by atoms with Gasteiger partial charge in [-0.05, 0) is 51.4 Å². The molecule has 0 rings (SSSR count). The Morgan fingerprint density at radius 3 is 0.897 bits per heavy atom. The molecule has 0 fully saturated rings. The van der Waals surface area contributed by atoms with Gasteiger partial charge in [0.15, 0.2) is 0 Å². The van der Waals surface area contributed by atoms with Crippen LogP contribution in [-0.4, -0.2) is 34.9 Å². The Balaban J connectivity index is 3.43. The summed E-state index contributed by atoms with van der Waals surface area (Å²) >= 11 is 0. The Morgan fingerprint density at radius 1 is 0.353 bits per heavy atom. The van der Waals surface area contributed by atoms with Gasteiger partial charge >= 0.3 is 0 Å². The van der Waals surface area contributed by atoms with E-state index >= 15 is 0 Å². The van der Waals surface area contributed by atoms with Crippen LogP contribution in [0.4, 0.5) is 0 Å². The summed E-state index contributed by atoms with van der Waals surface area (Å²) in [6.45, 7) is 4.38. The van der Waals surface area contributed by atoms with Crippen LogP contribution in [0, 0.1) is 0 Å². The van der Waals surface area contributed by atoms with Gasteiger partial charge in [0.25, 0.3) is 0 Å². The lowest BCUT2D eigenvalue weighted by atomic mass is 10.0. The topological polar surface area (TPSA) is 69.6 Å². The normalized spacial score (nSPS) is 12.9. The average molecular weight is 955 g/mol. The number of nitrogens with one attached hydrogen (secondary N) is 1. The number of aliphatic hydroxyl groups excluding tert-OH is 2. The first-order valence-corrected chi connectivity index (χ1v) is 31.2. The van der Waals surface area contributed by atoms with Gasteiger partial charge in [0.2, 0.25) is 5.91 Å². The number of carbonyl (C=O) groups is 1. The van der Waals surface area contributed by atoms with E-state index in [2.05, 4.69) is 55.6 Å². The van der Waals surface area contributed by atoms with E-state index in [-0.39, 0.29) is 12.5 Å². The van der Waals surface area contributed by atoms with Crippen LogP contribution in [0.15, 0.2) is 36.5 Å². The fourth-order valence-corrected chi connectivity index (χ4v) is 9.90. The summed E-state index contributed by atoms with van der Waals surface area (Å²) in [5.41, 5.74) is 0. The van der Waals surface area contributed by atoms with Crippen molar-refractivity contribution in [2.24, 2.45) is 0 Å². The van der Waals surface area contributed by atoms with Crippen LogP contribution in [0.1, 0.15) is 348 Å². The fourth-order valence-electron chi connectivity index (χ4n) is 9.90. The van der Waals surface area contributed by atoms with Crippen molar-refractivity contribution in [3.8, 4) is 0 Å². The summed E-state index contributed by atoms with van der Waals surface area (Å²) in [5.74, 6) is -0.0268. The van der Waals surface area contributed by atoms with Crippen molar-refractivity contribution in [3.63, 3.8) is 0 Å². The molecular weight excluding hydrogens is 831 g/mol. The van der Waals surface area contributed by atoms with Crippen LogP contribution in [0.3, 0.4) is 0 Å². The van der Waals surface area contributed by atoms with Gasteiger partial charge in [0.05, 0.1) is 18.8 Å². The maximum absolute atomic E-state index is 12.5. The number of amides is 1. The molecule has 0 heterocycles. The molecule has 0 aromatic heterocycles. The molecule has 402 valence electrons. The minimum Gasteiger partial charge on any atom is -0.394 e. The zero-order valence-corrected chi connectivity index (χ0v) is 46.4. The summed E-state index contributed by atoms with van der Waals surface area (Å²) in [6.07, 6.45) is 81.6. The van der Waals surface area contributed by atoms with Gasteiger partial charge in [-0.2, -0.15) is 0 Å². The monoisotopic (exact) mass is 954 g/mol. The molecule has 0 saturated carbocycles. The van der Waals surface area contributed by atoms with E-state index in [0.29, 0.717) is 12.8 Å². The van der Waals surface area contributed by atoms with Gasteiger partial charge in [-0.15, -0.1) is 0 Å². The third-order valence-corrected chi connectivity index (χ3v) is 14.7. The number of allylic oxidation sites excluding steroid dienone is 6. The largest absolute Gasteiger partial charge is 0.394 e. The molecule has 2 unspecified atom stereocenters. The summed E-state index contributed by atoms with van der Waals surface area (Å²) in [7, 11) is 0. The van der Waals surface area contributed by atoms with Crippen LogP contribution in [0.2, 0.25) is 0 Å². The lowest BCUT2D eigenvalue weighted by molar-refractivity contribution is -0.123. The van der Waals surface area contributed by atoms with Gasteiger partial charge in [-0.25, -0.2) is 0 Å². The number of aliphatic hydroxyl groups is 2. The van der Waals surface area contributed by atoms with Gasteiger partial charge in [0, 0.05) is 6.42 Å². The smallest absolute Gasteiger partial charge is 0.220 e. The molecule has 68 heavy (non-hydrogen) atoms. The van der Waals surface area contributed by atoms with Crippen LogP contribution in [-0.2, 0) is 4.79 Å². The summed E-state index contributed by atoms with van der Waals surface area (Å²) in [4.78, 5) is 12.5. The highest BCUT2D eigenvalue weighted by Gasteiger charge is 2.20. The molecule has 1 amide bonds. The maximum Gasteiger partial charge on any atom is 0.220 e. The fraction of sp³-hybridized carbons (Fsp3) is 0.891. The van der Waals surface area contributed by atoms with E-state index in [1.165, 1.54) is 283 Å². The first kappa shape index (κ1) is 66.6. The van der Waals surface area contributed by atoms with Crippen molar-refractivity contribution in [2.45, 2.75) is 360 Å². The van der Waals surface area contributed by atoms with Gasteiger partial charge in [0.1, 0.15) is 0 Å². The van der Waals surface area contributed by atoms with Crippen LogP contribution in [0.5, 0.6) is 0 Å². The number of hydrogen-bond acceptors (Lipinski definition) is 3. The van der Waals surface area contributed by atoms with E-state index in [9.17, 15) is 15.0 Å². The van der Waals surface area contributed by atoms with Gasteiger partial charge < -0.3 is 15.5 Å². The number of rotatable bonds is 58. The maximum atomic E-state index is 12.5. The van der Waals surface area contributed by atoms with Crippen molar-refractivity contribution < 1.29 is 15.0 Å². The van der Waals surface area contributed by atoms with E-state index in [1.807, 2.05) is 0 Å². The lowest BCUT2D eigenvalue weighted by Gasteiger charge is -2.22. The summed E-state index contributed by atoms with van der Waals surface area (Å²) < 4.78 is 0. The Kier molecular flexibility index (Phi) is 58.7. The van der Waals surface area contributed by atoms with Crippen LogP contribution < -0.4 is 5.32 Å². The highest BCUT2D eigenvalue weighted by atomic mass is 16.3. The quantitative estimate of drug-likeness (QED) is 0.0420. The molecule has 3 N–H and O–H groups in total. The summed E-state index contributed by atoms with van der Waals surface area (Å²) in [6, 6.07) is -0.538. The molecule has 0 bridgehead atoms. The molecule has 0 aromatic carbocycles. The second-order valence-corrected chi connectivity index (χ2v) is 21.5. The molecule has 4 heteroatoms. The predicted octanol–water partition coefficient (Wildman–Crippen LogP) is 20.8. The second kappa shape index (κ2) is 59.9. The van der Waals surface area contributed by atoms with E-state index in [4.69, 9.17) is 0 Å². The Labute approximate surface area is 427 Å². The standard InChI is InChI=1S/C64H123NO3/c1-3-5-7-9-11-13-15-17-19-21-23-25-27-29-31-32-34-36-38-40-42-44-46-48-50-52-54-56-58-60-64(68)65-62(61-66)63(67)59-57-55-53-51-49-47-45-43-41-39-37-35-33-30-28-26-24-22-20-18-16-14-12-10-8-6-4-2/h15,17,21,23,27,29,62-63,66-67H,3-14,16,18-20,22,24-26,28,30-61H2,1-2H3,(H,65,68)/b17-15-,23-21-,29-27-. The molecule has 0 aromatic rings. The molecule has 0 radical (unpaired) electrons. The highest BCUT2D eigenvalue weighted by molar-refractivity contribution is 5.76. The van der Waals surface area contributed by atoms with Gasteiger partial charge in [-0.3, -0.25) is 4.79 Å². The zero-order chi connectivity index (χ0) is 49.2. The van der Waals surface area contributed by atoms with Gasteiger partial charge in [-0.1, -0.05) is 326 Å². The van der Waals surface area contributed by atoms with E-state index in [1.54, 1.807) is 0 Å². The third kappa shape index (κ3) is 55.5. The van der Waals surface area contributed by atoms with Crippen molar-refractivity contribution in [2.75, 3.05) is 6.61 Å². The number of carbonyl (C=O) groups excluding carboxylic acids is 1.